The zero-order chi connectivity index (χ0) is 20.1. The molecule has 0 aromatic carbocycles. The number of pyridine rings is 2. The highest BCUT2D eigenvalue weighted by atomic mass is 16.2. The third-order valence-electron chi connectivity index (χ3n) is 4.12. The number of nitrogens with zero attached hydrogens (tertiary/aromatic N) is 4. The molecule has 3 rings (SSSR count). The molecule has 0 radical (unpaired) electrons. The normalized spacial score (nSPS) is 11.6. The molecule has 0 saturated heterocycles. The summed E-state index contributed by atoms with van der Waals surface area (Å²) >= 11 is 0. The molecule has 0 spiro atoms. The van der Waals surface area contributed by atoms with Crippen LogP contribution in [0.2, 0.25) is 0 Å². The summed E-state index contributed by atoms with van der Waals surface area (Å²) in [5.74, 6) is -1.97. The number of primary amides is 1. The lowest BCUT2D eigenvalue weighted by Crippen LogP contribution is -2.47. The fraction of sp³-hybridized carbons (Fsp3) is 0.158. The van der Waals surface area contributed by atoms with Crippen molar-refractivity contribution >= 4 is 17.6 Å². The average molecular weight is 378 g/mol. The number of amides is 2. The van der Waals surface area contributed by atoms with E-state index in [0.717, 1.165) is 0 Å². The SMILES string of the molecule is Cc1ncc(C(=O)NC(Cc2cccnc2)C(=O)C(N)=O)n1-c1ccncc1. The van der Waals surface area contributed by atoms with Gasteiger partial charge in [0.25, 0.3) is 11.8 Å². The molecule has 0 fully saturated rings. The molecule has 0 saturated carbocycles. The molecule has 142 valence electrons. The van der Waals surface area contributed by atoms with E-state index >= 15 is 0 Å². The van der Waals surface area contributed by atoms with Crippen LogP contribution in [-0.2, 0) is 16.0 Å². The van der Waals surface area contributed by atoms with E-state index in [-0.39, 0.29) is 12.1 Å². The summed E-state index contributed by atoms with van der Waals surface area (Å²) < 4.78 is 1.63. The summed E-state index contributed by atoms with van der Waals surface area (Å²) in [5.41, 5.74) is 6.75. The van der Waals surface area contributed by atoms with Crippen LogP contribution in [0.3, 0.4) is 0 Å². The Morgan fingerprint density at radius 3 is 2.50 bits per heavy atom. The van der Waals surface area contributed by atoms with Gasteiger partial charge in [0, 0.05) is 31.2 Å². The largest absolute Gasteiger partial charge is 0.363 e. The summed E-state index contributed by atoms with van der Waals surface area (Å²) in [7, 11) is 0. The Hall–Kier alpha value is -3.88. The maximum Gasteiger partial charge on any atom is 0.287 e. The van der Waals surface area contributed by atoms with Gasteiger partial charge in [0.15, 0.2) is 0 Å². The van der Waals surface area contributed by atoms with Gasteiger partial charge in [-0.2, -0.15) is 0 Å². The highest BCUT2D eigenvalue weighted by Gasteiger charge is 2.27. The number of hydrogen-bond acceptors (Lipinski definition) is 6. The fourth-order valence-electron chi connectivity index (χ4n) is 2.79. The monoisotopic (exact) mass is 378 g/mol. The molecule has 3 N–H and O–H groups in total. The van der Waals surface area contributed by atoms with Crippen LogP contribution in [0, 0.1) is 6.92 Å². The predicted molar refractivity (Wildman–Crippen MR) is 99.5 cm³/mol. The summed E-state index contributed by atoms with van der Waals surface area (Å²) in [5, 5.41) is 2.59. The van der Waals surface area contributed by atoms with Crippen molar-refractivity contribution in [1.29, 1.82) is 0 Å². The number of carbonyl (C=O) groups is 3. The molecule has 28 heavy (non-hydrogen) atoms. The van der Waals surface area contributed by atoms with Gasteiger partial charge in [0.1, 0.15) is 17.6 Å². The standard InChI is InChI=1S/C19H18N6O3/c1-12-23-11-16(25(12)14-4-7-21-8-5-14)19(28)24-15(17(26)18(20)27)9-13-3-2-6-22-10-13/h2-8,10-11,15H,9H2,1H3,(H2,20,27)(H,24,28). The maximum atomic E-state index is 12.9. The molecule has 2 amide bonds. The number of hydrogen-bond donors (Lipinski definition) is 2. The van der Waals surface area contributed by atoms with Crippen LogP contribution >= 0.6 is 0 Å². The van der Waals surface area contributed by atoms with E-state index in [0.29, 0.717) is 17.1 Å². The van der Waals surface area contributed by atoms with Crippen molar-refractivity contribution in [2.45, 2.75) is 19.4 Å². The number of nitrogens with one attached hydrogen (secondary N) is 1. The van der Waals surface area contributed by atoms with Gasteiger partial charge >= 0.3 is 0 Å². The molecule has 1 unspecified atom stereocenters. The minimum absolute atomic E-state index is 0.0870. The maximum absolute atomic E-state index is 12.9. The van der Waals surface area contributed by atoms with Crippen molar-refractivity contribution in [3.63, 3.8) is 0 Å². The first-order valence-electron chi connectivity index (χ1n) is 8.45. The highest BCUT2D eigenvalue weighted by Crippen LogP contribution is 2.14. The van der Waals surface area contributed by atoms with Gasteiger partial charge in [0.05, 0.1) is 11.9 Å². The van der Waals surface area contributed by atoms with Gasteiger partial charge in [-0.1, -0.05) is 6.07 Å². The van der Waals surface area contributed by atoms with Crippen molar-refractivity contribution in [3.05, 3.63) is 72.3 Å². The lowest BCUT2D eigenvalue weighted by atomic mass is 10.0. The molecule has 0 aliphatic rings. The van der Waals surface area contributed by atoms with Gasteiger partial charge in [-0.05, 0) is 30.7 Å². The van der Waals surface area contributed by atoms with Crippen LogP contribution in [0.15, 0.2) is 55.2 Å². The first kappa shape index (κ1) is 18.9. The Bertz CT molecular complexity index is 1000. The number of aryl methyl sites for hydroxylation is 1. The molecule has 1 atom stereocenters. The number of nitrogens with two attached hydrogens (primary N) is 1. The molecule has 3 aromatic rings. The van der Waals surface area contributed by atoms with Gasteiger partial charge in [-0.15, -0.1) is 0 Å². The third-order valence-corrected chi connectivity index (χ3v) is 4.12. The lowest BCUT2D eigenvalue weighted by Gasteiger charge is -2.17. The summed E-state index contributed by atoms with van der Waals surface area (Å²) in [6.45, 7) is 1.75. The predicted octanol–water partition coefficient (Wildman–Crippen LogP) is 0.366. The molecule has 3 aromatic heterocycles. The molecular weight excluding hydrogens is 360 g/mol. The number of Topliss-reactive ketones (excluding diaryl/α,β-unsaturated/α-hetero) is 1. The van der Waals surface area contributed by atoms with Crippen LogP contribution in [0.4, 0.5) is 0 Å². The molecule has 9 heteroatoms. The Balaban J connectivity index is 1.89. The molecule has 9 nitrogen and oxygen atoms in total. The molecule has 0 aliphatic heterocycles. The molecule has 3 heterocycles. The second-order valence-electron chi connectivity index (χ2n) is 6.05. The fourth-order valence-corrected chi connectivity index (χ4v) is 2.79. The zero-order valence-corrected chi connectivity index (χ0v) is 15.1. The van der Waals surface area contributed by atoms with E-state index in [4.69, 9.17) is 5.73 Å². The second kappa shape index (κ2) is 8.21. The van der Waals surface area contributed by atoms with E-state index in [1.165, 1.54) is 6.20 Å². The number of imidazole rings is 1. The zero-order valence-electron chi connectivity index (χ0n) is 15.1. The third kappa shape index (κ3) is 4.09. The molecule has 0 bridgehead atoms. The van der Waals surface area contributed by atoms with Gasteiger partial charge in [-0.25, -0.2) is 4.98 Å². The molecule has 0 aliphatic carbocycles. The molecular formula is C19H18N6O3. The second-order valence-corrected chi connectivity index (χ2v) is 6.05. The number of ketones is 1. The topological polar surface area (TPSA) is 133 Å². The van der Waals surface area contributed by atoms with Crippen LogP contribution in [0.5, 0.6) is 0 Å². The Kier molecular flexibility index (Phi) is 5.54. The van der Waals surface area contributed by atoms with E-state index < -0.39 is 23.6 Å². The van der Waals surface area contributed by atoms with Gasteiger partial charge in [0.2, 0.25) is 5.78 Å². The number of rotatable bonds is 7. The average Bonchev–Trinajstić information content (AvgIpc) is 3.09. The first-order valence-corrected chi connectivity index (χ1v) is 8.45. The van der Waals surface area contributed by atoms with E-state index in [1.54, 1.807) is 60.5 Å². The van der Waals surface area contributed by atoms with E-state index in [2.05, 4.69) is 20.3 Å². The van der Waals surface area contributed by atoms with Crippen LogP contribution in [0.25, 0.3) is 5.69 Å². The number of carbonyl (C=O) groups excluding carboxylic acids is 3. The van der Waals surface area contributed by atoms with Gasteiger partial charge < -0.3 is 11.1 Å². The number of aromatic nitrogens is 4. The Morgan fingerprint density at radius 1 is 1.11 bits per heavy atom. The van der Waals surface area contributed by atoms with Crippen molar-refractivity contribution in [2.24, 2.45) is 5.73 Å². The van der Waals surface area contributed by atoms with Crippen LogP contribution < -0.4 is 11.1 Å². The van der Waals surface area contributed by atoms with Crippen molar-refractivity contribution in [2.75, 3.05) is 0 Å². The Morgan fingerprint density at radius 2 is 1.86 bits per heavy atom. The summed E-state index contributed by atoms with van der Waals surface area (Å²) in [6.07, 6.45) is 7.82. The van der Waals surface area contributed by atoms with Crippen LogP contribution in [-0.4, -0.2) is 43.2 Å². The smallest absolute Gasteiger partial charge is 0.287 e. The van der Waals surface area contributed by atoms with Crippen molar-refractivity contribution < 1.29 is 14.4 Å². The lowest BCUT2D eigenvalue weighted by molar-refractivity contribution is -0.137. The van der Waals surface area contributed by atoms with E-state index in [9.17, 15) is 14.4 Å². The summed E-state index contributed by atoms with van der Waals surface area (Å²) in [4.78, 5) is 48.6. The highest BCUT2D eigenvalue weighted by molar-refractivity contribution is 6.38. The summed E-state index contributed by atoms with van der Waals surface area (Å²) in [6, 6.07) is 5.78. The minimum Gasteiger partial charge on any atom is -0.363 e. The van der Waals surface area contributed by atoms with E-state index in [1.807, 2.05) is 0 Å². The van der Waals surface area contributed by atoms with Crippen molar-refractivity contribution in [3.8, 4) is 5.69 Å². The van der Waals surface area contributed by atoms with Crippen LogP contribution in [0.1, 0.15) is 21.9 Å². The van der Waals surface area contributed by atoms with Gasteiger partial charge in [-0.3, -0.25) is 28.9 Å². The minimum atomic E-state index is -1.12. The van der Waals surface area contributed by atoms with Crippen molar-refractivity contribution in [1.82, 2.24) is 24.8 Å². The Labute approximate surface area is 160 Å². The first-order chi connectivity index (χ1) is 13.5. The quantitative estimate of drug-likeness (QED) is 0.571.